The van der Waals surface area contributed by atoms with Crippen LogP contribution >= 0.6 is 0 Å². The minimum Gasteiger partial charge on any atom is -0.486 e. The Morgan fingerprint density at radius 3 is 2.68 bits per heavy atom. The fourth-order valence-electron chi connectivity index (χ4n) is 3.73. The monoisotopic (exact) mass is 466 g/mol. The third-order valence-corrected chi connectivity index (χ3v) is 6.01. The van der Waals surface area contributed by atoms with Gasteiger partial charge in [-0.25, -0.2) is 14.3 Å². The van der Waals surface area contributed by atoms with Crippen molar-refractivity contribution >= 4 is 29.2 Å². The Morgan fingerprint density at radius 2 is 2.06 bits per heavy atom. The van der Waals surface area contributed by atoms with E-state index in [9.17, 15) is 14.4 Å². The SMILES string of the molecule is CN1C(=O)CN(c2cc(C3CC3)nn3cc(COC(/C=C(\N)NC(=O)C4CC4)=C/N)nc23)C1=O. The van der Waals surface area contributed by atoms with Crippen LogP contribution in [0, 0.1) is 5.92 Å². The van der Waals surface area contributed by atoms with Gasteiger partial charge in [-0.3, -0.25) is 19.4 Å². The molecule has 2 aromatic heterocycles. The lowest BCUT2D eigenvalue weighted by molar-refractivity contribution is -0.124. The molecule has 3 aliphatic rings. The Morgan fingerprint density at radius 1 is 1.29 bits per heavy atom. The number of carbonyl (C=O) groups is 3. The number of hydrogen-bond donors (Lipinski definition) is 3. The summed E-state index contributed by atoms with van der Waals surface area (Å²) in [5.41, 5.74) is 13.9. The van der Waals surface area contributed by atoms with Gasteiger partial charge in [-0.1, -0.05) is 0 Å². The van der Waals surface area contributed by atoms with Crippen LogP contribution in [0.5, 0.6) is 0 Å². The molecular formula is C22H26N8O4. The number of urea groups is 1. The Kier molecular flexibility index (Phi) is 5.34. The second-order valence-corrected chi connectivity index (χ2v) is 8.77. The molecule has 3 fully saturated rings. The third kappa shape index (κ3) is 4.26. The zero-order valence-corrected chi connectivity index (χ0v) is 18.7. The van der Waals surface area contributed by atoms with Crippen LogP contribution in [-0.4, -0.2) is 50.9 Å². The normalized spacial score (nSPS) is 19.3. The van der Waals surface area contributed by atoms with E-state index in [1.54, 1.807) is 10.7 Å². The summed E-state index contributed by atoms with van der Waals surface area (Å²) in [6.07, 6.45) is 8.20. The second kappa shape index (κ2) is 8.36. The zero-order valence-electron chi connectivity index (χ0n) is 18.7. The number of aromatic nitrogens is 3. The maximum absolute atomic E-state index is 12.6. The predicted octanol–water partition coefficient (Wildman–Crippen LogP) is 0.648. The number of imidazole rings is 1. The van der Waals surface area contributed by atoms with Crippen molar-refractivity contribution in [3.63, 3.8) is 0 Å². The van der Waals surface area contributed by atoms with E-state index in [1.165, 1.54) is 24.2 Å². The minimum absolute atomic E-state index is 0.0240. The molecule has 0 aromatic carbocycles. The maximum Gasteiger partial charge on any atom is 0.331 e. The number of likely N-dealkylation sites (N-methyl/N-ethyl adjacent to an activating group) is 1. The van der Waals surface area contributed by atoms with Gasteiger partial charge in [0.25, 0.3) is 0 Å². The number of amides is 4. The van der Waals surface area contributed by atoms with Crippen molar-refractivity contribution in [1.29, 1.82) is 0 Å². The maximum atomic E-state index is 12.6. The van der Waals surface area contributed by atoms with Crippen LogP contribution in [0.15, 0.2) is 36.1 Å². The quantitative estimate of drug-likeness (QED) is 0.290. The highest BCUT2D eigenvalue weighted by molar-refractivity contribution is 6.13. The van der Waals surface area contributed by atoms with Crippen LogP contribution in [0.25, 0.3) is 5.65 Å². The predicted molar refractivity (Wildman–Crippen MR) is 121 cm³/mol. The van der Waals surface area contributed by atoms with Crippen molar-refractivity contribution in [2.24, 2.45) is 17.4 Å². The molecule has 5 rings (SSSR count). The van der Waals surface area contributed by atoms with Crippen LogP contribution in [0.2, 0.25) is 0 Å². The number of nitrogens with one attached hydrogen (secondary N) is 1. The number of fused-ring (bicyclic) bond motifs is 1. The van der Waals surface area contributed by atoms with Crippen LogP contribution in [0.4, 0.5) is 10.5 Å². The van der Waals surface area contributed by atoms with Crippen molar-refractivity contribution < 1.29 is 19.1 Å². The van der Waals surface area contributed by atoms with Crippen molar-refractivity contribution in [2.75, 3.05) is 18.5 Å². The number of allylic oxidation sites excluding steroid dienone is 1. The zero-order chi connectivity index (χ0) is 24.0. The summed E-state index contributed by atoms with van der Waals surface area (Å²) in [5, 5.41) is 7.27. The average Bonchev–Trinajstić information content (AvgIpc) is 3.74. The smallest absolute Gasteiger partial charge is 0.331 e. The number of carbonyl (C=O) groups excluding carboxylic acids is 3. The molecule has 0 bridgehead atoms. The van der Waals surface area contributed by atoms with Gasteiger partial charge in [-0.2, -0.15) is 5.10 Å². The van der Waals surface area contributed by atoms with Crippen molar-refractivity contribution in [3.8, 4) is 0 Å². The molecule has 1 aliphatic heterocycles. The molecule has 12 heteroatoms. The van der Waals surface area contributed by atoms with Crippen LogP contribution in [0.1, 0.15) is 43.0 Å². The molecule has 2 aromatic rings. The molecular weight excluding hydrogens is 440 g/mol. The third-order valence-electron chi connectivity index (χ3n) is 6.01. The number of hydrogen-bond acceptors (Lipinski definition) is 8. The molecule has 0 unspecified atom stereocenters. The molecule has 0 radical (unpaired) electrons. The van der Waals surface area contributed by atoms with E-state index in [1.807, 2.05) is 6.07 Å². The lowest BCUT2D eigenvalue weighted by atomic mass is 10.2. The lowest BCUT2D eigenvalue weighted by Gasteiger charge is -2.16. The molecule has 4 amide bonds. The van der Waals surface area contributed by atoms with Crippen molar-refractivity contribution in [3.05, 3.63) is 47.5 Å². The molecule has 34 heavy (non-hydrogen) atoms. The molecule has 3 heterocycles. The Bertz CT molecular complexity index is 1240. The molecule has 12 nitrogen and oxygen atoms in total. The summed E-state index contributed by atoms with van der Waals surface area (Å²) in [6.45, 7) is 0.00619. The molecule has 1 saturated heterocycles. The first-order valence-electron chi connectivity index (χ1n) is 11.1. The highest BCUT2D eigenvalue weighted by Crippen LogP contribution is 2.41. The van der Waals surface area contributed by atoms with Gasteiger partial charge in [-0.15, -0.1) is 0 Å². The van der Waals surface area contributed by atoms with E-state index in [-0.39, 0.29) is 42.5 Å². The molecule has 2 aliphatic carbocycles. The highest BCUT2D eigenvalue weighted by atomic mass is 16.5. The number of anilines is 1. The van der Waals surface area contributed by atoms with Gasteiger partial charge < -0.3 is 21.5 Å². The molecule has 5 N–H and O–H groups in total. The van der Waals surface area contributed by atoms with Gasteiger partial charge >= 0.3 is 6.03 Å². The molecule has 2 saturated carbocycles. The molecule has 0 atom stereocenters. The number of nitrogens with two attached hydrogens (primary N) is 2. The summed E-state index contributed by atoms with van der Waals surface area (Å²) in [4.78, 5) is 43.7. The van der Waals surface area contributed by atoms with Gasteiger partial charge in [0.2, 0.25) is 11.8 Å². The first-order valence-corrected chi connectivity index (χ1v) is 11.1. The largest absolute Gasteiger partial charge is 0.486 e. The summed E-state index contributed by atoms with van der Waals surface area (Å²) in [5.74, 6) is 0.371. The standard InChI is InChI=1S/C22H26N8O4/c1-28-19(31)10-29(22(28)33)17-7-16(12-2-3-12)27-30-9-14(25-20(17)30)11-34-15(8-23)6-18(24)26-21(32)13-4-5-13/h6-9,12-13H,2-5,10-11,23-24H2,1H3,(H,26,32)/b15-8+,18-6+. The van der Waals surface area contributed by atoms with Crippen LogP contribution in [0.3, 0.4) is 0 Å². The van der Waals surface area contributed by atoms with Gasteiger partial charge in [-0.05, 0) is 31.7 Å². The fourth-order valence-corrected chi connectivity index (χ4v) is 3.73. The number of imide groups is 1. The van der Waals surface area contributed by atoms with Gasteiger partial charge in [0.15, 0.2) is 5.65 Å². The Hall–Kier alpha value is -4.09. The van der Waals surface area contributed by atoms with Crippen molar-refractivity contribution in [2.45, 2.75) is 38.2 Å². The first-order chi connectivity index (χ1) is 16.3. The summed E-state index contributed by atoms with van der Waals surface area (Å²) < 4.78 is 7.34. The summed E-state index contributed by atoms with van der Waals surface area (Å²) in [7, 11) is 1.46. The van der Waals surface area contributed by atoms with E-state index in [2.05, 4.69) is 15.4 Å². The molecule has 0 spiro atoms. The van der Waals surface area contributed by atoms with Crippen LogP contribution in [-0.2, 0) is 20.9 Å². The summed E-state index contributed by atoms with van der Waals surface area (Å²) >= 11 is 0. The van der Waals surface area contributed by atoms with Gasteiger partial charge in [0, 0.05) is 31.2 Å². The average molecular weight is 467 g/mol. The van der Waals surface area contributed by atoms with E-state index < -0.39 is 6.03 Å². The minimum atomic E-state index is -0.400. The number of ether oxygens (including phenoxy) is 1. The second-order valence-electron chi connectivity index (χ2n) is 8.77. The molecule has 178 valence electrons. The van der Waals surface area contributed by atoms with E-state index in [0.29, 0.717) is 22.9 Å². The van der Waals surface area contributed by atoms with Gasteiger partial charge in [0.05, 0.1) is 23.3 Å². The highest BCUT2D eigenvalue weighted by Gasteiger charge is 2.37. The fraction of sp³-hybridized carbons (Fsp3) is 0.409. The van der Waals surface area contributed by atoms with E-state index in [0.717, 1.165) is 36.3 Å². The van der Waals surface area contributed by atoms with Crippen LogP contribution < -0.4 is 21.7 Å². The Labute approximate surface area is 195 Å². The lowest BCUT2D eigenvalue weighted by Crippen LogP contribution is -2.30. The summed E-state index contributed by atoms with van der Waals surface area (Å²) in [6, 6.07) is 1.44. The van der Waals surface area contributed by atoms with Crippen molar-refractivity contribution in [1.82, 2.24) is 24.8 Å². The Balaban J connectivity index is 1.36. The first kappa shape index (κ1) is 21.7. The number of nitrogens with zero attached hydrogens (tertiary/aromatic N) is 5. The van der Waals surface area contributed by atoms with Gasteiger partial charge in [0.1, 0.15) is 24.7 Å². The van der Waals surface area contributed by atoms with E-state index >= 15 is 0 Å². The van der Waals surface area contributed by atoms with E-state index in [4.69, 9.17) is 16.2 Å². The topological polar surface area (TPSA) is 161 Å². The number of rotatable bonds is 8.